The highest BCUT2D eigenvalue weighted by Gasteiger charge is 2.76. The van der Waals surface area contributed by atoms with Gasteiger partial charge in [-0.05, 0) is 30.3 Å². The number of fused-ring (bicyclic) bond motifs is 2. The first-order valence-corrected chi connectivity index (χ1v) is 9.72. The summed E-state index contributed by atoms with van der Waals surface area (Å²) in [5.41, 5.74) is -1.10. The van der Waals surface area contributed by atoms with Crippen LogP contribution in [0, 0.1) is 22.7 Å². The predicted molar refractivity (Wildman–Crippen MR) is 96.4 cm³/mol. The van der Waals surface area contributed by atoms with Gasteiger partial charge in [0.2, 0.25) is 0 Å². The lowest BCUT2D eigenvalue weighted by atomic mass is 9.48. The van der Waals surface area contributed by atoms with Crippen molar-refractivity contribution in [2.24, 2.45) is 22.7 Å². The van der Waals surface area contributed by atoms with Gasteiger partial charge in [0.1, 0.15) is 5.41 Å². The molecule has 0 amide bonds. The number of hydrogen-bond donors (Lipinski definition) is 1. The van der Waals surface area contributed by atoms with Crippen molar-refractivity contribution in [2.75, 3.05) is 7.11 Å². The molecule has 2 aliphatic carbocycles. The van der Waals surface area contributed by atoms with Crippen LogP contribution in [0.4, 0.5) is 0 Å². The second-order valence-corrected chi connectivity index (χ2v) is 9.24. The SMILES string of the molecule is COC(=O)C1=C2C=C(C(C)C)C(=O)OC2(O)[C@H]2OC(=O)[C@@]13CCCC(C)(C)[C@H]23. The first-order valence-electron chi connectivity index (χ1n) is 9.72. The van der Waals surface area contributed by atoms with Crippen LogP contribution in [-0.4, -0.2) is 42.0 Å². The maximum absolute atomic E-state index is 13.2. The Hall–Kier alpha value is -2.15. The molecule has 7 nitrogen and oxygen atoms in total. The summed E-state index contributed by atoms with van der Waals surface area (Å²) in [4.78, 5) is 38.7. The Kier molecular flexibility index (Phi) is 3.90. The molecule has 1 saturated heterocycles. The first kappa shape index (κ1) is 19.2. The number of rotatable bonds is 2. The van der Waals surface area contributed by atoms with Crippen LogP contribution in [0.5, 0.6) is 0 Å². The zero-order valence-corrected chi connectivity index (χ0v) is 16.8. The molecule has 2 fully saturated rings. The zero-order chi connectivity index (χ0) is 20.6. The number of hydrogen-bond acceptors (Lipinski definition) is 7. The lowest BCUT2D eigenvalue weighted by Crippen LogP contribution is -2.62. The topological polar surface area (TPSA) is 99.1 Å². The Morgan fingerprint density at radius 3 is 2.57 bits per heavy atom. The molecular weight excluding hydrogens is 364 g/mol. The second kappa shape index (κ2) is 5.69. The van der Waals surface area contributed by atoms with E-state index in [0.29, 0.717) is 12.0 Å². The third-order valence-corrected chi connectivity index (χ3v) is 6.95. The highest BCUT2D eigenvalue weighted by Crippen LogP contribution is 2.67. The minimum Gasteiger partial charge on any atom is -0.466 e. The molecule has 2 bridgehead atoms. The molecule has 4 aliphatic rings. The van der Waals surface area contributed by atoms with Crippen LogP contribution in [0.1, 0.15) is 47.0 Å². The van der Waals surface area contributed by atoms with Gasteiger partial charge in [0.05, 0.1) is 12.7 Å². The van der Waals surface area contributed by atoms with Crippen LogP contribution in [0.2, 0.25) is 0 Å². The summed E-state index contributed by atoms with van der Waals surface area (Å²) in [6.07, 6.45) is 2.40. The fraction of sp³-hybridized carbons (Fsp3) is 0.667. The van der Waals surface area contributed by atoms with E-state index < -0.39 is 46.5 Å². The summed E-state index contributed by atoms with van der Waals surface area (Å²) in [6.45, 7) is 7.62. The van der Waals surface area contributed by atoms with E-state index in [0.717, 1.165) is 12.8 Å². The van der Waals surface area contributed by atoms with Crippen LogP contribution >= 0.6 is 0 Å². The van der Waals surface area contributed by atoms with E-state index in [4.69, 9.17) is 14.2 Å². The Morgan fingerprint density at radius 2 is 1.96 bits per heavy atom. The average Bonchev–Trinajstić information content (AvgIpc) is 2.88. The quantitative estimate of drug-likeness (QED) is 0.569. The van der Waals surface area contributed by atoms with Gasteiger partial charge in [0.25, 0.3) is 5.79 Å². The van der Waals surface area contributed by atoms with Crippen LogP contribution in [0.3, 0.4) is 0 Å². The molecule has 0 aromatic heterocycles. The molecule has 2 aliphatic heterocycles. The lowest BCUT2D eigenvalue weighted by molar-refractivity contribution is -0.244. The molecule has 4 atom stereocenters. The van der Waals surface area contributed by atoms with Crippen molar-refractivity contribution in [3.05, 3.63) is 22.8 Å². The molecule has 0 aromatic rings. The smallest absolute Gasteiger partial charge is 0.337 e. The van der Waals surface area contributed by atoms with Gasteiger partial charge < -0.3 is 19.3 Å². The molecule has 1 N–H and O–H groups in total. The van der Waals surface area contributed by atoms with Crippen LogP contribution in [0.15, 0.2) is 22.8 Å². The minimum atomic E-state index is -2.20. The third kappa shape index (κ3) is 2.11. The fourth-order valence-corrected chi connectivity index (χ4v) is 5.75. The van der Waals surface area contributed by atoms with Crippen molar-refractivity contribution in [1.29, 1.82) is 0 Å². The molecule has 152 valence electrons. The predicted octanol–water partition coefficient (Wildman–Crippen LogP) is 2.04. The van der Waals surface area contributed by atoms with Crippen molar-refractivity contribution in [3.8, 4) is 0 Å². The fourth-order valence-electron chi connectivity index (χ4n) is 5.75. The monoisotopic (exact) mass is 390 g/mol. The molecule has 0 aromatic carbocycles. The van der Waals surface area contributed by atoms with Gasteiger partial charge in [-0.25, -0.2) is 9.59 Å². The average molecular weight is 390 g/mol. The lowest BCUT2D eigenvalue weighted by Gasteiger charge is -2.54. The van der Waals surface area contributed by atoms with Crippen molar-refractivity contribution >= 4 is 17.9 Å². The van der Waals surface area contributed by atoms with E-state index in [9.17, 15) is 19.5 Å². The van der Waals surface area contributed by atoms with Crippen molar-refractivity contribution in [2.45, 2.75) is 58.8 Å². The van der Waals surface area contributed by atoms with Gasteiger partial charge in [0.15, 0.2) is 6.10 Å². The summed E-state index contributed by atoms with van der Waals surface area (Å²) in [5.74, 6) is -4.82. The van der Waals surface area contributed by atoms with E-state index in [1.807, 2.05) is 27.7 Å². The van der Waals surface area contributed by atoms with Gasteiger partial charge in [-0.2, -0.15) is 0 Å². The van der Waals surface area contributed by atoms with Crippen LogP contribution in [-0.2, 0) is 28.6 Å². The number of methoxy groups -OCH3 is 1. The van der Waals surface area contributed by atoms with E-state index in [2.05, 4.69) is 0 Å². The van der Waals surface area contributed by atoms with Crippen LogP contribution in [0.25, 0.3) is 0 Å². The Balaban J connectivity index is 2.09. The summed E-state index contributed by atoms with van der Waals surface area (Å²) in [5, 5.41) is 11.5. The molecule has 7 heteroatoms. The van der Waals surface area contributed by atoms with E-state index in [1.54, 1.807) is 0 Å². The second-order valence-electron chi connectivity index (χ2n) is 9.24. The van der Waals surface area contributed by atoms with Crippen molar-refractivity contribution in [3.63, 3.8) is 0 Å². The highest BCUT2D eigenvalue weighted by atomic mass is 16.7. The zero-order valence-electron chi connectivity index (χ0n) is 16.8. The van der Waals surface area contributed by atoms with Crippen LogP contribution < -0.4 is 0 Å². The van der Waals surface area contributed by atoms with Gasteiger partial charge in [0, 0.05) is 17.1 Å². The van der Waals surface area contributed by atoms with Gasteiger partial charge in [-0.1, -0.05) is 34.1 Å². The largest absolute Gasteiger partial charge is 0.466 e. The maximum atomic E-state index is 13.2. The number of esters is 3. The molecular formula is C21H26O7. The van der Waals surface area contributed by atoms with E-state index in [1.165, 1.54) is 13.2 Å². The summed E-state index contributed by atoms with van der Waals surface area (Å²) >= 11 is 0. The number of ether oxygens (including phenoxy) is 3. The summed E-state index contributed by atoms with van der Waals surface area (Å²) in [6, 6.07) is 0. The number of carbonyl (C=O) groups is 3. The molecule has 0 spiro atoms. The first-order chi connectivity index (χ1) is 13.0. The van der Waals surface area contributed by atoms with E-state index >= 15 is 0 Å². The number of carbonyl (C=O) groups excluding carboxylic acids is 3. The molecule has 1 saturated carbocycles. The number of aliphatic hydroxyl groups is 1. The molecule has 28 heavy (non-hydrogen) atoms. The summed E-state index contributed by atoms with van der Waals surface area (Å²) < 4.78 is 16.2. The standard InChI is InChI=1S/C21H26O7/c1-10(2)11-9-12-13(17(23)26-5)20-8-6-7-19(3,4)14(20)15(27-18(20)24)21(12,25)28-16(11)22/h9-10,14-15,25H,6-8H2,1-5H3/t14-,15-,20-,21?/m0/s1. The molecule has 0 radical (unpaired) electrons. The van der Waals surface area contributed by atoms with Crippen molar-refractivity contribution < 1.29 is 33.7 Å². The van der Waals surface area contributed by atoms with Gasteiger partial charge in [-0.3, -0.25) is 4.79 Å². The maximum Gasteiger partial charge on any atom is 0.337 e. The Morgan fingerprint density at radius 1 is 1.29 bits per heavy atom. The van der Waals surface area contributed by atoms with Crippen molar-refractivity contribution in [1.82, 2.24) is 0 Å². The van der Waals surface area contributed by atoms with E-state index in [-0.39, 0.29) is 17.1 Å². The Bertz CT molecular complexity index is 849. The summed E-state index contributed by atoms with van der Waals surface area (Å²) in [7, 11) is 1.24. The Labute approximate surface area is 163 Å². The van der Waals surface area contributed by atoms with Gasteiger partial charge >= 0.3 is 17.9 Å². The third-order valence-electron chi connectivity index (χ3n) is 6.95. The molecule has 2 heterocycles. The molecule has 4 rings (SSSR count). The minimum absolute atomic E-state index is 0.0691. The molecule has 1 unspecified atom stereocenters. The normalized spacial score (nSPS) is 38.3. The highest BCUT2D eigenvalue weighted by molar-refractivity contribution is 6.03. The van der Waals surface area contributed by atoms with Gasteiger partial charge in [-0.15, -0.1) is 0 Å².